The third-order valence-electron chi connectivity index (χ3n) is 2.41. The second-order valence-corrected chi connectivity index (χ2v) is 6.01. The number of nitrogens with zero attached hydrogens (tertiary/aromatic N) is 2. The highest BCUT2D eigenvalue weighted by Crippen LogP contribution is 2.22. The zero-order chi connectivity index (χ0) is 13.0. The molecule has 0 aliphatic rings. The van der Waals surface area contributed by atoms with Crippen molar-refractivity contribution < 1.29 is 5.11 Å². The number of thioether (sulfide) groups is 1. The Morgan fingerprint density at radius 1 is 1.28 bits per heavy atom. The topological polar surface area (TPSA) is 38.0 Å². The highest BCUT2D eigenvalue weighted by Gasteiger charge is 2.14. The zero-order valence-corrected chi connectivity index (χ0v) is 11.5. The summed E-state index contributed by atoms with van der Waals surface area (Å²) in [6.45, 7) is 4.08. The van der Waals surface area contributed by atoms with Crippen LogP contribution in [-0.4, -0.2) is 20.5 Å². The molecule has 1 heterocycles. The minimum absolute atomic E-state index is 0.513. The Morgan fingerprint density at radius 2 is 2.00 bits per heavy atom. The molecule has 1 aromatic heterocycles. The summed E-state index contributed by atoms with van der Waals surface area (Å²) < 4.78 is 1.79. The second kappa shape index (κ2) is 5.59. The van der Waals surface area contributed by atoms with Crippen LogP contribution in [0.1, 0.15) is 19.4 Å². The first-order valence-electron chi connectivity index (χ1n) is 5.94. The van der Waals surface area contributed by atoms with Gasteiger partial charge >= 0.3 is 0 Å². The molecule has 0 bridgehead atoms. The van der Waals surface area contributed by atoms with Gasteiger partial charge in [-0.1, -0.05) is 30.3 Å². The molecule has 1 aromatic carbocycles. The Balaban J connectivity index is 1.91. The van der Waals surface area contributed by atoms with Crippen LogP contribution < -0.4 is 0 Å². The van der Waals surface area contributed by atoms with E-state index in [9.17, 15) is 5.11 Å². The van der Waals surface area contributed by atoms with E-state index in [0.717, 1.165) is 10.6 Å². The number of hydrogen-bond donors (Lipinski definition) is 1. The fourth-order valence-electron chi connectivity index (χ4n) is 1.64. The Kier molecular flexibility index (Phi) is 4.09. The van der Waals surface area contributed by atoms with Gasteiger partial charge in [-0.05, 0) is 19.4 Å². The maximum absolute atomic E-state index is 9.72. The number of rotatable bonds is 5. The first-order chi connectivity index (χ1) is 8.53. The molecule has 4 heteroatoms. The van der Waals surface area contributed by atoms with Gasteiger partial charge in [0, 0.05) is 16.8 Å². The van der Waals surface area contributed by atoms with Gasteiger partial charge in [-0.2, -0.15) is 5.10 Å². The second-order valence-electron chi connectivity index (χ2n) is 4.96. The van der Waals surface area contributed by atoms with Gasteiger partial charge in [-0.15, -0.1) is 11.8 Å². The number of aliphatic hydroxyl groups is 1. The van der Waals surface area contributed by atoms with E-state index in [2.05, 4.69) is 17.2 Å². The molecular formula is C14H18N2OS. The Labute approximate surface area is 112 Å². The molecule has 0 atom stereocenters. The molecule has 2 aromatic rings. The van der Waals surface area contributed by atoms with Crippen LogP contribution >= 0.6 is 11.8 Å². The summed E-state index contributed by atoms with van der Waals surface area (Å²) in [5, 5.41) is 14.0. The molecule has 0 aliphatic carbocycles. The lowest BCUT2D eigenvalue weighted by Gasteiger charge is -2.16. The SMILES string of the molecule is CC(C)(O)Cn1cc(SCc2ccccc2)cn1. The number of aromatic nitrogens is 2. The van der Waals surface area contributed by atoms with Crippen molar-refractivity contribution in [3.8, 4) is 0 Å². The van der Waals surface area contributed by atoms with E-state index >= 15 is 0 Å². The molecule has 0 radical (unpaired) electrons. The summed E-state index contributed by atoms with van der Waals surface area (Å²) in [6.07, 6.45) is 3.82. The lowest BCUT2D eigenvalue weighted by atomic mass is 10.1. The fraction of sp³-hybridized carbons (Fsp3) is 0.357. The maximum atomic E-state index is 9.72. The average molecular weight is 262 g/mol. The molecule has 3 nitrogen and oxygen atoms in total. The molecule has 96 valence electrons. The smallest absolute Gasteiger partial charge is 0.0786 e. The van der Waals surface area contributed by atoms with Gasteiger partial charge in [0.1, 0.15) is 0 Å². The van der Waals surface area contributed by atoms with Crippen LogP contribution in [0.2, 0.25) is 0 Å². The largest absolute Gasteiger partial charge is 0.389 e. The summed E-state index contributed by atoms with van der Waals surface area (Å²) in [5.41, 5.74) is 0.575. The van der Waals surface area contributed by atoms with Crippen molar-refractivity contribution in [1.29, 1.82) is 0 Å². The quantitative estimate of drug-likeness (QED) is 0.842. The highest BCUT2D eigenvalue weighted by molar-refractivity contribution is 7.98. The molecule has 2 rings (SSSR count). The van der Waals surface area contributed by atoms with Crippen molar-refractivity contribution in [1.82, 2.24) is 9.78 Å². The van der Waals surface area contributed by atoms with E-state index in [4.69, 9.17) is 0 Å². The Hall–Kier alpha value is -1.26. The number of hydrogen-bond acceptors (Lipinski definition) is 3. The van der Waals surface area contributed by atoms with Crippen LogP contribution in [-0.2, 0) is 12.3 Å². The number of benzene rings is 1. The Bertz CT molecular complexity index is 488. The molecule has 0 saturated carbocycles. The van der Waals surface area contributed by atoms with E-state index in [0.29, 0.717) is 6.54 Å². The van der Waals surface area contributed by atoms with Crippen LogP contribution in [0.25, 0.3) is 0 Å². The van der Waals surface area contributed by atoms with Crippen LogP contribution in [0.3, 0.4) is 0 Å². The van der Waals surface area contributed by atoms with Crippen molar-refractivity contribution in [2.75, 3.05) is 0 Å². The summed E-state index contributed by atoms with van der Waals surface area (Å²) in [4.78, 5) is 1.13. The van der Waals surface area contributed by atoms with Gasteiger partial charge in [0.2, 0.25) is 0 Å². The van der Waals surface area contributed by atoms with Gasteiger partial charge in [0.05, 0.1) is 18.3 Å². The van der Waals surface area contributed by atoms with Crippen LogP contribution in [0.4, 0.5) is 0 Å². The van der Waals surface area contributed by atoms with Crippen LogP contribution in [0.15, 0.2) is 47.6 Å². The van der Waals surface area contributed by atoms with Gasteiger partial charge in [-0.25, -0.2) is 0 Å². The third-order valence-corrected chi connectivity index (χ3v) is 3.43. The maximum Gasteiger partial charge on any atom is 0.0786 e. The standard InChI is InChI=1S/C14H18N2OS/c1-14(2,17)11-16-9-13(8-15-16)18-10-12-6-4-3-5-7-12/h3-9,17H,10-11H2,1-2H3. The molecule has 0 aliphatic heterocycles. The van der Waals surface area contributed by atoms with Crippen LogP contribution in [0.5, 0.6) is 0 Å². The minimum atomic E-state index is -0.729. The molecule has 0 amide bonds. The van der Waals surface area contributed by atoms with Crippen molar-refractivity contribution in [3.63, 3.8) is 0 Å². The van der Waals surface area contributed by atoms with Crippen molar-refractivity contribution >= 4 is 11.8 Å². The van der Waals surface area contributed by atoms with E-state index in [1.54, 1.807) is 30.3 Å². The van der Waals surface area contributed by atoms with Crippen LogP contribution in [0, 0.1) is 0 Å². The Morgan fingerprint density at radius 3 is 2.67 bits per heavy atom. The van der Waals surface area contributed by atoms with E-state index in [-0.39, 0.29) is 0 Å². The molecule has 1 N–H and O–H groups in total. The van der Waals surface area contributed by atoms with Crippen molar-refractivity contribution in [2.24, 2.45) is 0 Å². The highest BCUT2D eigenvalue weighted by atomic mass is 32.2. The fourth-order valence-corrected chi connectivity index (χ4v) is 2.49. The van der Waals surface area contributed by atoms with E-state index in [1.807, 2.05) is 30.6 Å². The van der Waals surface area contributed by atoms with Gasteiger partial charge in [0.25, 0.3) is 0 Å². The normalized spacial score (nSPS) is 11.7. The van der Waals surface area contributed by atoms with Crippen molar-refractivity contribution in [3.05, 3.63) is 48.3 Å². The summed E-state index contributed by atoms with van der Waals surface area (Å²) >= 11 is 1.76. The molecule has 0 fully saturated rings. The first-order valence-corrected chi connectivity index (χ1v) is 6.93. The molecular weight excluding hydrogens is 244 g/mol. The monoisotopic (exact) mass is 262 g/mol. The third kappa shape index (κ3) is 4.20. The predicted molar refractivity (Wildman–Crippen MR) is 74.5 cm³/mol. The minimum Gasteiger partial charge on any atom is -0.389 e. The summed E-state index contributed by atoms with van der Waals surface area (Å²) in [5.74, 6) is 0.940. The molecule has 18 heavy (non-hydrogen) atoms. The lowest BCUT2D eigenvalue weighted by molar-refractivity contribution is 0.0577. The summed E-state index contributed by atoms with van der Waals surface area (Å²) in [7, 11) is 0. The lowest BCUT2D eigenvalue weighted by Crippen LogP contribution is -2.26. The van der Waals surface area contributed by atoms with Gasteiger partial charge in [-0.3, -0.25) is 4.68 Å². The van der Waals surface area contributed by atoms with Crippen molar-refractivity contribution in [2.45, 2.75) is 36.6 Å². The van der Waals surface area contributed by atoms with E-state index in [1.165, 1.54) is 5.56 Å². The summed E-state index contributed by atoms with van der Waals surface area (Å²) in [6, 6.07) is 10.4. The van der Waals surface area contributed by atoms with Gasteiger partial charge < -0.3 is 5.11 Å². The van der Waals surface area contributed by atoms with Gasteiger partial charge in [0.15, 0.2) is 0 Å². The zero-order valence-electron chi connectivity index (χ0n) is 10.7. The molecule has 0 unspecified atom stereocenters. The predicted octanol–water partition coefficient (Wildman–Crippen LogP) is 2.95. The average Bonchev–Trinajstić information content (AvgIpc) is 2.73. The molecule has 0 saturated heterocycles. The molecule has 0 spiro atoms. The van der Waals surface area contributed by atoms with E-state index < -0.39 is 5.60 Å². The first kappa shape index (κ1) is 13.2.